The summed E-state index contributed by atoms with van der Waals surface area (Å²) in [7, 11) is 0. The second-order valence-electron chi connectivity index (χ2n) is 5.83. The lowest BCUT2D eigenvalue weighted by Crippen LogP contribution is -2.31. The van der Waals surface area contributed by atoms with E-state index in [1.165, 1.54) is 30.1 Å². The number of aromatic nitrogens is 1. The van der Waals surface area contributed by atoms with Crippen LogP contribution >= 0.6 is 11.8 Å². The molecular weight excluding hydrogens is 346 g/mol. The molecule has 0 radical (unpaired) electrons. The number of nitrogen functional groups attached to an aromatic ring is 1. The van der Waals surface area contributed by atoms with Crippen LogP contribution in [0, 0.1) is 11.6 Å². The van der Waals surface area contributed by atoms with Crippen LogP contribution in [-0.4, -0.2) is 16.1 Å². The molecule has 0 aliphatic carbocycles. The fourth-order valence-electron chi connectivity index (χ4n) is 2.56. The van der Waals surface area contributed by atoms with E-state index in [1.54, 1.807) is 26.0 Å². The number of benzene rings is 1. The van der Waals surface area contributed by atoms with Crippen LogP contribution in [0.1, 0.15) is 31.0 Å². The van der Waals surface area contributed by atoms with E-state index in [0.717, 1.165) is 6.07 Å². The number of anilines is 1. The quantitative estimate of drug-likeness (QED) is 0.879. The SMILES string of the molecule is C[C@H](N=C1NC(=O)C(C)(c2ccnc(N)c2)S1)c1ccc(F)cc1F. The van der Waals surface area contributed by atoms with Crippen molar-refractivity contribution in [3.05, 3.63) is 59.3 Å². The van der Waals surface area contributed by atoms with Gasteiger partial charge in [0.25, 0.3) is 0 Å². The van der Waals surface area contributed by atoms with E-state index in [4.69, 9.17) is 5.73 Å². The maximum atomic E-state index is 13.9. The molecule has 3 rings (SSSR count). The van der Waals surface area contributed by atoms with Gasteiger partial charge in [-0.2, -0.15) is 0 Å². The molecule has 1 amide bonds. The van der Waals surface area contributed by atoms with Gasteiger partial charge in [-0.1, -0.05) is 17.8 Å². The smallest absolute Gasteiger partial charge is 0.246 e. The first-order valence-corrected chi connectivity index (χ1v) is 8.36. The average molecular weight is 362 g/mol. The highest BCUT2D eigenvalue weighted by atomic mass is 32.2. The van der Waals surface area contributed by atoms with Gasteiger partial charge in [0.15, 0.2) is 5.17 Å². The largest absolute Gasteiger partial charge is 0.384 e. The number of rotatable bonds is 3. The van der Waals surface area contributed by atoms with Crippen molar-refractivity contribution < 1.29 is 13.6 Å². The zero-order chi connectivity index (χ0) is 18.2. The maximum absolute atomic E-state index is 13.9. The van der Waals surface area contributed by atoms with Gasteiger partial charge in [-0.05, 0) is 37.6 Å². The lowest BCUT2D eigenvalue weighted by Gasteiger charge is -2.19. The normalized spacial score (nSPS) is 22.9. The van der Waals surface area contributed by atoms with Gasteiger partial charge in [-0.15, -0.1) is 0 Å². The van der Waals surface area contributed by atoms with Crippen LogP contribution in [0.15, 0.2) is 41.5 Å². The number of carbonyl (C=O) groups is 1. The minimum absolute atomic E-state index is 0.242. The number of pyridine rings is 1. The van der Waals surface area contributed by atoms with Gasteiger partial charge >= 0.3 is 0 Å². The van der Waals surface area contributed by atoms with Crippen LogP contribution in [-0.2, 0) is 9.54 Å². The summed E-state index contributed by atoms with van der Waals surface area (Å²) < 4.78 is 26.0. The van der Waals surface area contributed by atoms with E-state index in [-0.39, 0.29) is 11.5 Å². The second-order valence-corrected chi connectivity index (χ2v) is 7.24. The Bertz CT molecular complexity index is 873. The van der Waals surface area contributed by atoms with E-state index in [9.17, 15) is 13.6 Å². The Morgan fingerprint density at radius 3 is 2.76 bits per heavy atom. The van der Waals surface area contributed by atoms with E-state index in [1.807, 2.05) is 0 Å². The molecule has 0 spiro atoms. The van der Waals surface area contributed by atoms with Crippen LogP contribution in [0.3, 0.4) is 0 Å². The number of carbonyl (C=O) groups excluding carboxylic acids is 1. The lowest BCUT2D eigenvalue weighted by molar-refractivity contribution is -0.121. The number of amides is 1. The van der Waals surface area contributed by atoms with E-state index >= 15 is 0 Å². The third kappa shape index (κ3) is 3.34. The minimum atomic E-state index is -0.906. The van der Waals surface area contributed by atoms with E-state index < -0.39 is 22.4 Å². The molecule has 1 unspecified atom stereocenters. The molecule has 3 N–H and O–H groups in total. The summed E-state index contributed by atoms with van der Waals surface area (Å²) >= 11 is 1.22. The predicted octanol–water partition coefficient (Wildman–Crippen LogP) is 3.14. The summed E-state index contributed by atoms with van der Waals surface area (Å²) in [6.07, 6.45) is 1.54. The zero-order valence-electron chi connectivity index (χ0n) is 13.6. The number of aliphatic imine (C=N–C) groups is 1. The molecule has 130 valence electrons. The van der Waals surface area contributed by atoms with Gasteiger partial charge in [-0.3, -0.25) is 9.79 Å². The Kier molecular flexibility index (Phi) is 4.47. The van der Waals surface area contributed by atoms with Crippen LogP contribution in [0.2, 0.25) is 0 Å². The van der Waals surface area contributed by atoms with Gasteiger partial charge in [0.2, 0.25) is 5.91 Å². The molecule has 2 aromatic rings. The summed E-state index contributed by atoms with van der Waals surface area (Å²) in [5.41, 5.74) is 6.65. The first-order valence-electron chi connectivity index (χ1n) is 7.55. The number of thioether (sulfide) groups is 1. The number of halogens is 2. The highest BCUT2D eigenvalue weighted by Gasteiger charge is 2.44. The molecule has 25 heavy (non-hydrogen) atoms. The number of amidine groups is 1. The minimum Gasteiger partial charge on any atom is -0.384 e. The Morgan fingerprint density at radius 1 is 1.32 bits per heavy atom. The number of nitrogens with zero attached hydrogens (tertiary/aromatic N) is 2. The molecule has 1 aromatic carbocycles. The standard InChI is InChI=1S/C17H16F2N4OS/c1-9(12-4-3-11(18)8-13(12)19)22-16-23-15(24)17(2,25-16)10-5-6-21-14(20)7-10/h3-9H,1-2H3,(H2,20,21)(H,22,23,24)/t9-,17?/m0/s1. The topological polar surface area (TPSA) is 80.4 Å². The molecule has 1 aromatic heterocycles. The van der Waals surface area contributed by atoms with Gasteiger partial charge in [0.1, 0.15) is 22.2 Å². The Balaban J connectivity index is 1.87. The fraction of sp³-hybridized carbons (Fsp3) is 0.235. The van der Waals surface area contributed by atoms with Gasteiger partial charge in [0.05, 0.1) is 6.04 Å². The zero-order valence-corrected chi connectivity index (χ0v) is 14.4. The summed E-state index contributed by atoms with van der Waals surface area (Å²) in [4.78, 5) is 20.7. The van der Waals surface area contributed by atoms with Crippen LogP contribution < -0.4 is 11.1 Å². The Morgan fingerprint density at radius 2 is 2.08 bits per heavy atom. The highest BCUT2D eigenvalue weighted by molar-refractivity contribution is 8.15. The van der Waals surface area contributed by atoms with Crippen molar-refractivity contribution in [2.75, 3.05) is 5.73 Å². The average Bonchev–Trinajstić information content (AvgIpc) is 2.82. The first-order chi connectivity index (χ1) is 11.8. The van der Waals surface area contributed by atoms with Gasteiger partial charge in [0, 0.05) is 17.8 Å². The molecule has 8 heteroatoms. The number of hydrogen-bond acceptors (Lipinski definition) is 5. The maximum Gasteiger partial charge on any atom is 0.246 e. The predicted molar refractivity (Wildman–Crippen MR) is 93.9 cm³/mol. The molecule has 0 saturated carbocycles. The van der Waals surface area contributed by atoms with E-state index in [0.29, 0.717) is 16.5 Å². The summed E-state index contributed by atoms with van der Waals surface area (Å²) in [6.45, 7) is 3.43. The van der Waals surface area contributed by atoms with Gasteiger partial charge in [-0.25, -0.2) is 13.8 Å². The van der Waals surface area contributed by atoms with Crippen molar-refractivity contribution in [3.8, 4) is 0 Å². The van der Waals surface area contributed by atoms with Crippen LogP contribution in [0.25, 0.3) is 0 Å². The summed E-state index contributed by atoms with van der Waals surface area (Å²) in [5.74, 6) is -1.24. The second kappa shape index (κ2) is 6.44. The van der Waals surface area contributed by atoms with Crippen molar-refractivity contribution in [2.24, 2.45) is 4.99 Å². The summed E-state index contributed by atoms with van der Waals surface area (Å²) in [6, 6.07) is 6.13. The number of nitrogens with one attached hydrogen (secondary N) is 1. The van der Waals surface area contributed by atoms with Gasteiger partial charge < -0.3 is 11.1 Å². The molecule has 1 fully saturated rings. The Hall–Kier alpha value is -2.48. The first kappa shape index (κ1) is 17.3. The van der Waals surface area contributed by atoms with Crippen LogP contribution in [0.5, 0.6) is 0 Å². The lowest BCUT2D eigenvalue weighted by atomic mass is 10.0. The van der Waals surface area contributed by atoms with E-state index in [2.05, 4.69) is 15.3 Å². The molecule has 5 nitrogen and oxygen atoms in total. The number of nitrogens with two attached hydrogens (primary N) is 1. The molecular formula is C17H16F2N4OS. The van der Waals surface area contributed by atoms with Crippen molar-refractivity contribution in [1.82, 2.24) is 10.3 Å². The monoisotopic (exact) mass is 362 g/mol. The van der Waals surface area contributed by atoms with Crippen molar-refractivity contribution in [1.29, 1.82) is 0 Å². The van der Waals surface area contributed by atoms with Crippen molar-refractivity contribution in [3.63, 3.8) is 0 Å². The molecule has 1 aliphatic heterocycles. The third-order valence-electron chi connectivity index (χ3n) is 4.01. The molecule has 2 atom stereocenters. The van der Waals surface area contributed by atoms with Crippen molar-refractivity contribution >= 4 is 28.7 Å². The highest BCUT2D eigenvalue weighted by Crippen LogP contribution is 2.42. The van der Waals surface area contributed by atoms with Crippen molar-refractivity contribution in [2.45, 2.75) is 24.6 Å². The molecule has 1 saturated heterocycles. The molecule has 0 bridgehead atoms. The number of hydrogen-bond donors (Lipinski definition) is 2. The Labute approximate surface area is 147 Å². The fourth-order valence-corrected chi connectivity index (χ4v) is 3.69. The molecule has 1 aliphatic rings. The summed E-state index contributed by atoms with van der Waals surface area (Å²) in [5, 5.41) is 3.08. The van der Waals surface area contributed by atoms with Crippen LogP contribution in [0.4, 0.5) is 14.6 Å². The molecule has 2 heterocycles. The third-order valence-corrected chi connectivity index (χ3v) is 5.24.